The minimum absolute atomic E-state index is 0.0504. The summed E-state index contributed by atoms with van der Waals surface area (Å²) >= 11 is 0. The highest BCUT2D eigenvalue weighted by atomic mass is 16.5. The Hall–Kier alpha value is -4.80. The summed E-state index contributed by atoms with van der Waals surface area (Å²) in [4.78, 5) is 4.81. The van der Waals surface area contributed by atoms with Gasteiger partial charge in [0.1, 0.15) is 0 Å². The van der Waals surface area contributed by atoms with Crippen molar-refractivity contribution in [3.8, 4) is 62.9 Å². The van der Waals surface area contributed by atoms with E-state index in [2.05, 4.69) is 60.3 Å². The first-order valence-corrected chi connectivity index (χ1v) is 17.3. The maximum absolute atomic E-state index is 6.97. The van der Waals surface area contributed by atoms with Crippen LogP contribution in [0.1, 0.15) is 45.5 Å². The van der Waals surface area contributed by atoms with Gasteiger partial charge in [-0.2, -0.15) is 0 Å². The van der Waals surface area contributed by atoms with Gasteiger partial charge in [0.05, 0.1) is 49.8 Å². The van der Waals surface area contributed by atoms with Crippen LogP contribution in [0.5, 0.6) is 51.7 Å². The predicted molar refractivity (Wildman–Crippen MR) is 196 cm³/mol. The van der Waals surface area contributed by atoms with E-state index in [9.17, 15) is 0 Å². The van der Waals surface area contributed by atoms with Crippen molar-refractivity contribution in [2.24, 2.45) is 0 Å². The number of hydrogen-bond acceptors (Lipinski definition) is 10. The van der Waals surface area contributed by atoms with E-state index in [-0.39, 0.29) is 12.1 Å². The molecular formula is C41H48N2O8. The zero-order chi connectivity index (χ0) is 36.0. The zero-order valence-corrected chi connectivity index (χ0v) is 31.1. The van der Waals surface area contributed by atoms with E-state index in [0.29, 0.717) is 40.9 Å². The fraction of sp³-hybridized carbons (Fsp3) is 0.415. The Bertz CT molecular complexity index is 1960. The molecule has 1 aliphatic carbocycles. The lowest BCUT2D eigenvalue weighted by Gasteiger charge is -2.40. The smallest absolute Gasteiger partial charge is 0.204 e. The average Bonchev–Trinajstić information content (AvgIpc) is 3.16. The van der Waals surface area contributed by atoms with Gasteiger partial charge in [-0.1, -0.05) is 6.07 Å². The number of hydrogen-bond donors (Lipinski definition) is 0. The molecule has 4 aromatic rings. The minimum Gasteiger partial charge on any atom is -0.493 e. The van der Waals surface area contributed by atoms with Gasteiger partial charge in [-0.3, -0.25) is 9.80 Å². The molecule has 0 N–H and O–H groups in total. The van der Waals surface area contributed by atoms with E-state index in [1.807, 2.05) is 6.07 Å². The second-order valence-electron chi connectivity index (χ2n) is 13.4. The molecule has 0 aromatic heterocycles. The normalized spacial score (nSPS) is 17.8. The Labute approximate surface area is 300 Å². The lowest BCUT2D eigenvalue weighted by Crippen LogP contribution is -2.35. The van der Waals surface area contributed by atoms with E-state index >= 15 is 0 Å². The first-order chi connectivity index (χ1) is 24.8. The molecule has 2 unspecified atom stereocenters. The van der Waals surface area contributed by atoms with Crippen LogP contribution in [0.3, 0.4) is 0 Å². The largest absolute Gasteiger partial charge is 0.493 e. The standard InChI is InChI=1S/C41H48N2O8/c1-42-14-12-23-18-32(45-4)33(46-5)21-27(23)29(42)16-25-10-11-31(44-3)41(50-9)39(25)51-35-20-26-17-30-37-24(13-15-43(30)2)19-36(48-7)40(49-8)38(37)28(26)22-34(35)47-6/h10-11,18-22,29-30H,12-17H2,1-9H3. The molecule has 10 nitrogen and oxygen atoms in total. The molecule has 4 aromatic carbocycles. The Kier molecular flexibility index (Phi) is 9.56. The maximum atomic E-state index is 6.97. The van der Waals surface area contributed by atoms with E-state index in [0.717, 1.165) is 71.9 Å². The SMILES string of the molecule is COc1cc2c(cc1OC)C(Cc1ccc(OC)c(OC)c1Oc1cc3c(cc1OC)-c1c(OC)c(OC)cc4c1C(C3)N(C)CC4)N(C)CC2. The Morgan fingerprint density at radius 3 is 1.86 bits per heavy atom. The molecule has 270 valence electrons. The number of methoxy groups -OCH3 is 7. The van der Waals surface area contributed by atoms with Crippen LogP contribution in [0.4, 0.5) is 0 Å². The van der Waals surface area contributed by atoms with Crippen LogP contribution in [-0.4, -0.2) is 86.8 Å². The topological polar surface area (TPSA) is 80.3 Å². The van der Waals surface area contributed by atoms with Gasteiger partial charge < -0.3 is 37.9 Å². The van der Waals surface area contributed by atoms with Crippen molar-refractivity contribution in [2.75, 3.05) is 77.0 Å². The summed E-state index contributed by atoms with van der Waals surface area (Å²) in [5.74, 6) is 5.81. The molecule has 0 bridgehead atoms. The quantitative estimate of drug-likeness (QED) is 0.163. The molecule has 2 heterocycles. The molecule has 10 heteroatoms. The Morgan fingerprint density at radius 2 is 1.18 bits per heavy atom. The van der Waals surface area contributed by atoms with Crippen LogP contribution in [-0.2, 0) is 25.7 Å². The highest BCUT2D eigenvalue weighted by molar-refractivity contribution is 5.85. The molecule has 2 atom stereocenters. The van der Waals surface area contributed by atoms with Crippen molar-refractivity contribution in [1.29, 1.82) is 0 Å². The minimum atomic E-state index is 0.0504. The summed E-state index contributed by atoms with van der Waals surface area (Å²) in [6, 6.07) is 14.8. The summed E-state index contributed by atoms with van der Waals surface area (Å²) in [6.45, 7) is 1.87. The van der Waals surface area contributed by atoms with Crippen molar-refractivity contribution in [2.45, 2.75) is 37.8 Å². The number of rotatable bonds is 11. The monoisotopic (exact) mass is 696 g/mol. The maximum Gasteiger partial charge on any atom is 0.204 e. The molecule has 7 rings (SSSR count). The molecule has 0 amide bonds. The van der Waals surface area contributed by atoms with E-state index in [1.165, 1.54) is 22.3 Å². The van der Waals surface area contributed by atoms with Crippen LogP contribution in [0.15, 0.2) is 42.5 Å². The van der Waals surface area contributed by atoms with Gasteiger partial charge >= 0.3 is 0 Å². The van der Waals surface area contributed by atoms with Crippen LogP contribution in [0.25, 0.3) is 11.1 Å². The second kappa shape index (κ2) is 14.1. The summed E-state index contributed by atoms with van der Waals surface area (Å²) < 4.78 is 48.1. The van der Waals surface area contributed by atoms with Gasteiger partial charge in [-0.15, -0.1) is 0 Å². The van der Waals surface area contributed by atoms with Gasteiger partial charge in [0.2, 0.25) is 5.75 Å². The van der Waals surface area contributed by atoms with E-state index in [4.69, 9.17) is 37.9 Å². The molecule has 51 heavy (non-hydrogen) atoms. The molecule has 2 aliphatic heterocycles. The van der Waals surface area contributed by atoms with Crippen molar-refractivity contribution in [1.82, 2.24) is 9.80 Å². The molecule has 0 spiro atoms. The van der Waals surface area contributed by atoms with Crippen LogP contribution in [0.2, 0.25) is 0 Å². The Balaban J connectivity index is 1.35. The lowest BCUT2D eigenvalue weighted by molar-refractivity contribution is 0.225. The summed E-state index contributed by atoms with van der Waals surface area (Å²) in [5, 5.41) is 0. The molecule has 0 fully saturated rings. The zero-order valence-electron chi connectivity index (χ0n) is 31.1. The second-order valence-corrected chi connectivity index (χ2v) is 13.4. The average molecular weight is 697 g/mol. The van der Waals surface area contributed by atoms with Gasteiger partial charge in [-0.25, -0.2) is 0 Å². The van der Waals surface area contributed by atoms with Crippen molar-refractivity contribution >= 4 is 0 Å². The third kappa shape index (κ3) is 5.84. The first kappa shape index (κ1) is 34.6. The van der Waals surface area contributed by atoms with Gasteiger partial charge in [0.25, 0.3) is 0 Å². The van der Waals surface area contributed by atoms with Crippen LogP contribution in [0, 0.1) is 0 Å². The molecular weight excluding hydrogens is 648 g/mol. The van der Waals surface area contributed by atoms with Gasteiger partial charge in [0, 0.05) is 36.3 Å². The number of ether oxygens (including phenoxy) is 8. The number of likely N-dealkylation sites (N-methyl/N-ethyl adjacent to an activating group) is 2. The van der Waals surface area contributed by atoms with Crippen molar-refractivity contribution < 1.29 is 37.9 Å². The molecule has 3 aliphatic rings. The number of fused-ring (bicyclic) bond motifs is 3. The van der Waals surface area contributed by atoms with Gasteiger partial charge in [-0.05, 0) is 110 Å². The number of benzene rings is 4. The molecule has 0 saturated carbocycles. The highest BCUT2D eigenvalue weighted by Crippen LogP contribution is 2.55. The third-order valence-corrected chi connectivity index (χ3v) is 10.9. The van der Waals surface area contributed by atoms with Crippen molar-refractivity contribution in [3.63, 3.8) is 0 Å². The first-order valence-electron chi connectivity index (χ1n) is 17.3. The Morgan fingerprint density at radius 1 is 0.569 bits per heavy atom. The number of nitrogens with zero attached hydrogens (tertiary/aromatic N) is 2. The summed E-state index contributed by atoms with van der Waals surface area (Å²) in [6.07, 6.45) is 3.34. The molecule has 0 saturated heterocycles. The van der Waals surface area contributed by atoms with E-state index in [1.54, 1.807) is 49.8 Å². The fourth-order valence-corrected chi connectivity index (χ4v) is 8.25. The van der Waals surface area contributed by atoms with E-state index < -0.39 is 0 Å². The lowest BCUT2D eigenvalue weighted by atomic mass is 9.76. The third-order valence-electron chi connectivity index (χ3n) is 10.9. The highest BCUT2D eigenvalue weighted by Gasteiger charge is 2.37. The predicted octanol–water partition coefficient (Wildman–Crippen LogP) is 7.06. The molecule has 0 radical (unpaired) electrons. The van der Waals surface area contributed by atoms with Crippen LogP contribution >= 0.6 is 0 Å². The fourth-order valence-electron chi connectivity index (χ4n) is 8.25. The summed E-state index contributed by atoms with van der Waals surface area (Å²) in [7, 11) is 16.1. The summed E-state index contributed by atoms with van der Waals surface area (Å²) in [5.41, 5.74) is 9.27. The van der Waals surface area contributed by atoms with Crippen LogP contribution < -0.4 is 37.9 Å². The van der Waals surface area contributed by atoms with Gasteiger partial charge in [0.15, 0.2) is 46.0 Å². The van der Waals surface area contributed by atoms with Crippen molar-refractivity contribution in [3.05, 3.63) is 75.8 Å².